The number of hydrogen-bond acceptors (Lipinski definition) is 7. The first-order valence-corrected chi connectivity index (χ1v) is 13.2. The number of benzene rings is 2. The van der Waals surface area contributed by atoms with E-state index in [2.05, 4.69) is 19.3 Å². The number of pyridine rings is 1. The van der Waals surface area contributed by atoms with Crippen molar-refractivity contribution >= 4 is 26.3 Å². The molecular formula is C26H25FN4O3S. The quantitative estimate of drug-likeness (QED) is 0.376. The number of nitrogens with zero attached hydrogens (tertiary/aromatic N) is 4. The Kier molecular flexibility index (Phi) is 6.44. The topological polar surface area (TPSA) is 86.6 Å². The van der Waals surface area contributed by atoms with E-state index >= 15 is 0 Å². The molecule has 5 rings (SSSR count). The van der Waals surface area contributed by atoms with Crippen LogP contribution in [0.25, 0.3) is 10.9 Å². The number of fused-ring (bicyclic) bond motifs is 1. The molecule has 0 spiro atoms. The van der Waals surface area contributed by atoms with E-state index in [0.29, 0.717) is 41.5 Å². The Hall–Kier alpha value is -3.43. The standard InChI is InChI=1S/C26H25FN4O3S/c1-17-10-20(31-35(2,32)22-4-3-8-28-14-22)13-24-26(17)23(29-16-30-24)11-18-5-6-19(27)12-25(18)34-21-7-9-33-15-21/h3-6,8,10,12-14,16,21H,7,9,11,15H2,1-2H3/t21-,35?/m0/s1. The lowest BCUT2D eigenvalue weighted by molar-refractivity contribution is 0.140. The third-order valence-corrected chi connectivity index (χ3v) is 7.59. The molecule has 1 unspecified atom stereocenters. The van der Waals surface area contributed by atoms with E-state index in [1.165, 1.54) is 18.5 Å². The van der Waals surface area contributed by atoms with E-state index in [9.17, 15) is 8.60 Å². The molecule has 0 amide bonds. The molecule has 1 aliphatic heterocycles. The van der Waals surface area contributed by atoms with Gasteiger partial charge in [0.05, 0.1) is 44.7 Å². The summed E-state index contributed by atoms with van der Waals surface area (Å²) in [6.45, 7) is 3.09. The number of hydrogen-bond donors (Lipinski definition) is 0. The Morgan fingerprint density at radius 3 is 2.89 bits per heavy atom. The lowest BCUT2D eigenvalue weighted by Crippen LogP contribution is -2.17. The summed E-state index contributed by atoms with van der Waals surface area (Å²) in [5.41, 5.74) is 3.81. The number of ether oxygens (including phenoxy) is 2. The molecule has 9 heteroatoms. The van der Waals surface area contributed by atoms with Crippen molar-refractivity contribution in [3.63, 3.8) is 0 Å². The summed E-state index contributed by atoms with van der Waals surface area (Å²) in [6, 6.07) is 11.8. The fourth-order valence-electron chi connectivity index (χ4n) is 4.21. The van der Waals surface area contributed by atoms with Gasteiger partial charge in [0.1, 0.15) is 24.0 Å². The van der Waals surface area contributed by atoms with Gasteiger partial charge in [0.2, 0.25) is 0 Å². The average Bonchev–Trinajstić information content (AvgIpc) is 3.34. The summed E-state index contributed by atoms with van der Waals surface area (Å²) in [7, 11) is -2.67. The maximum Gasteiger partial charge on any atom is 0.126 e. The lowest BCUT2D eigenvalue weighted by Gasteiger charge is -2.16. The monoisotopic (exact) mass is 492 g/mol. The van der Waals surface area contributed by atoms with Crippen LogP contribution in [-0.2, 0) is 20.9 Å². The molecule has 2 aromatic heterocycles. The van der Waals surface area contributed by atoms with Crippen molar-refractivity contribution in [2.24, 2.45) is 4.36 Å². The molecule has 4 aromatic rings. The molecule has 1 fully saturated rings. The number of rotatable bonds is 6. The van der Waals surface area contributed by atoms with Crippen molar-refractivity contribution in [1.29, 1.82) is 0 Å². The number of aromatic nitrogens is 3. The third-order valence-electron chi connectivity index (χ3n) is 5.92. The highest BCUT2D eigenvalue weighted by Crippen LogP contribution is 2.31. The van der Waals surface area contributed by atoms with E-state index in [1.54, 1.807) is 36.8 Å². The van der Waals surface area contributed by atoms with Gasteiger partial charge in [0, 0.05) is 48.5 Å². The number of aryl methyl sites for hydroxylation is 1. The van der Waals surface area contributed by atoms with Crippen molar-refractivity contribution in [3.8, 4) is 5.75 Å². The zero-order valence-electron chi connectivity index (χ0n) is 19.5. The van der Waals surface area contributed by atoms with E-state index in [0.717, 1.165) is 28.6 Å². The maximum absolute atomic E-state index is 14.0. The van der Waals surface area contributed by atoms with Crippen LogP contribution in [-0.4, -0.2) is 44.7 Å². The second-order valence-electron chi connectivity index (χ2n) is 8.59. The van der Waals surface area contributed by atoms with E-state index < -0.39 is 9.73 Å². The smallest absolute Gasteiger partial charge is 0.126 e. The minimum absolute atomic E-state index is 0.0904. The molecule has 1 saturated heterocycles. The summed E-state index contributed by atoms with van der Waals surface area (Å²) in [6.07, 6.45) is 7.43. The zero-order valence-corrected chi connectivity index (χ0v) is 20.3. The van der Waals surface area contributed by atoms with Crippen LogP contribution in [0.15, 0.2) is 70.4 Å². The molecule has 2 aromatic carbocycles. The zero-order chi connectivity index (χ0) is 24.4. The first kappa shape index (κ1) is 23.3. The van der Waals surface area contributed by atoms with Gasteiger partial charge in [-0.2, -0.15) is 4.36 Å². The Morgan fingerprint density at radius 2 is 2.11 bits per heavy atom. The second kappa shape index (κ2) is 9.67. The predicted molar refractivity (Wildman–Crippen MR) is 132 cm³/mol. The van der Waals surface area contributed by atoms with Crippen LogP contribution in [0.1, 0.15) is 23.2 Å². The molecule has 3 heterocycles. The normalized spacial score (nSPS) is 17.3. The van der Waals surface area contributed by atoms with Crippen molar-refractivity contribution < 1.29 is 18.1 Å². The minimum atomic E-state index is -2.67. The molecule has 35 heavy (non-hydrogen) atoms. The van der Waals surface area contributed by atoms with Crippen LogP contribution in [0.4, 0.5) is 10.1 Å². The molecule has 0 N–H and O–H groups in total. The van der Waals surface area contributed by atoms with Crippen molar-refractivity contribution in [3.05, 3.63) is 83.8 Å². The fraction of sp³-hybridized carbons (Fsp3) is 0.269. The molecular weight excluding hydrogens is 467 g/mol. The SMILES string of the molecule is Cc1cc(N=S(C)(=O)c2cccnc2)cc2ncnc(Cc3ccc(F)cc3O[C@H]3CCOC3)c12. The molecule has 0 bridgehead atoms. The molecule has 0 aliphatic carbocycles. The Bertz CT molecular complexity index is 1500. The van der Waals surface area contributed by atoms with Crippen LogP contribution in [0.5, 0.6) is 5.75 Å². The van der Waals surface area contributed by atoms with Crippen molar-refractivity contribution in [1.82, 2.24) is 15.0 Å². The van der Waals surface area contributed by atoms with E-state index in [-0.39, 0.29) is 11.9 Å². The largest absolute Gasteiger partial charge is 0.488 e. The van der Waals surface area contributed by atoms with Gasteiger partial charge in [0.15, 0.2) is 0 Å². The van der Waals surface area contributed by atoms with Gasteiger partial charge in [0.25, 0.3) is 0 Å². The van der Waals surface area contributed by atoms with Gasteiger partial charge in [-0.25, -0.2) is 18.6 Å². The van der Waals surface area contributed by atoms with Gasteiger partial charge in [-0.15, -0.1) is 0 Å². The van der Waals surface area contributed by atoms with Crippen molar-refractivity contribution in [2.75, 3.05) is 19.5 Å². The van der Waals surface area contributed by atoms with E-state index in [1.807, 2.05) is 19.1 Å². The summed E-state index contributed by atoms with van der Waals surface area (Å²) in [5, 5.41) is 0.884. The summed E-state index contributed by atoms with van der Waals surface area (Å²) >= 11 is 0. The Balaban J connectivity index is 1.52. The molecule has 1 aliphatic rings. The maximum atomic E-state index is 14.0. The number of halogens is 1. The summed E-state index contributed by atoms with van der Waals surface area (Å²) < 4.78 is 43.2. The third kappa shape index (κ3) is 5.16. The van der Waals surface area contributed by atoms with Crippen molar-refractivity contribution in [2.45, 2.75) is 30.8 Å². The summed E-state index contributed by atoms with van der Waals surface area (Å²) in [4.78, 5) is 13.6. The van der Waals surface area contributed by atoms with Gasteiger partial charge >= 0.3 is 0 Å². The van der Waals surface area contributed by atoms with Gasteiger partial charge in [-0.1, -0.05) is 6.07 Å². The first-order chi connectivity index (χ1) is 16.9. The highest BCUT2D eigenvalue weighted by Gasteiger charge is 2.20. The lowest BCUT2D eigenvalue weighted by atomic mass is 10.0. The van der Waals surface area contributed by atoms with Gasteiger partial charge < -0.3 is 9.47 Å². The molecule has 180 valence electrons. The Morgan fingerprint density at radius 1 is 1.23 bits per heavy atom. The molecule has 0 saturated carbocycles. The fourth-order valence-corrected chi connectivity index (χ4v) is 5.41. The molecule has 7 nitrogen and oxygen atoms in total. The first-order valence-electron chi connectivity index (χ1n) is 11.3. The highest BCUT2D eigenvalue weighted by atomic mass is 32.2. The van der Waals surface area contributed by atoms with Crippen LogP contribution in [0.2, 0.25) is 0 Å². The summed E-state index contributed by atoms with van der Waals surface area (Å²) in [5.74, 6) is 0.146. The molecule has 0 radical (unpaired) electrons. The van der Waals surface area contributed by atoms with Crippen LogP contribution >= 0.6 is 0 Å². The van der Waals surface area contributed by atoms with E-state index in [4.69, 9.17) is 9.47 Å². The molecule has 2 atom stereocenters. The van der Waals surface area contributed by atoms with Crippen LogP contribution in [0, 0.1) is 12.7 Å². The highest BCUT2D eigenvalue weighted by molar-refractivity contribution is 7.93. The minimum Gasteiger partial charge on any atom is -0.488 e. The van der Waals surface area contributed by atoms with Gasteiger partial charge in [-0.3, -0.25) is 4.98 Å². The van der Waals surface area contributed by atoms with Gasteiger partial charge in [-0.05, 0) is 42.8 Å². The Labute approximate surface area is 203 Å². The van der Waals surface area contributed by atoms with Crippen LogP contribution < -0.4 is 4.74 Å². The average molecular weight is 493 g/mol. The predicted octanol–water partition coefficient (Wildman–Crippen LogP) is 5.02. The second-order valence-corrected chi connectivity index (χ2v) is 10.9. The van der Waals surface area contributed by atoms with Crippen LogP contribution in [0.3, 0.4) is 0 Å².